The molecule has 1 heterocycles. The molecule has 0 N–H and O–H groups in total. The quantitative estimate of drug-likeness (QED) is 0.353. The van der Waals surface area contributed by atoms with Gasteiger partial charge >= 0.3 is 0 Å². The van der Waals surface area contributed by atoms with E-state index >= 15 is 0 Å². The van der Waals surface area contributed by atoms with Crippen LogP contribution in [0.1, 0.15) is 44.9 Å². The highest BCUT2D eigenvalue weighted by atomic mass is 32.2. The van der Waals surface area contributed by atoms with Gasteiger partial charge in [-0.1, -0.05) is 12.2 Å². The Morgan fingerprint density at radius 3 is 2.45 bits per heavy atom. The van der Waals surface area contributed by atoms with Crippen molar-refractivity contribution in [2.24, 2.45) is 0 Å². The maximum Gasteiger partial charge on any atom is 0.264 e. The Morgan fingerprint density at radius 1 is 1.15 bits per heavy atom. The molecule has 118 valence electrons. The Hall–Kier alpha value is -0.430. The molecule has 0 aliphatic carbocycles. The van der Waals surface area contributed by atoms with Gasteiger partial charge in [-0.3, -0.25) is 4.18 Å². The molecule has 1 fully saturated rings. The molecule has 0 saturated carbocycles. The normalized spacial score (nSPS) is 20.6. The van der Waals surface area contributed by atoms with Crippen molar-refractivity contribution in [1.29, 1.82) is 0 Å². The highest BCUT2D eigenvalue weighted by Gasteiger charge is 2.12. The average Bonchev–Trinajstić information content (AvgIpc) is 2.41. The van der Waals surface area contributed by atoms with E-state index in [0.717, 1.165) is 58.0 Å². The lowest BCUT2D eigenvalue weighted by molar-refractivity contribution is -0.162. The molecule has 1 aliphatic rings. The van der Waals surface area contributed by atoms with Crippen molar-refractivity contribution < 1.29 is 22.1 Å². The summed E-state index contributed by atoms with van der Waals surface area (Å²) in [6.07, 6.45) is 12.1. The minimum atomic E-state index is -3.29. The van der Waals surface area contributed by atoms with Crippen LogP contribution in [-0.4, -0.2) is 40.8 Å². The van der Waals surface area contributed by atoms with E-state index in [4.69, 9.17) is 9.47 Å². The third-order valence-corrected chi connectivity index (χ3v) is 3.53. The third-order valence-electron chi connectivity index (χ3n) is 2.94. The molecule has 1 saturated heterocycles. The smallest absolute Gasteiger partial charge is 0.264 e. The monoisotopic (exact) mass is 306 g/mol. The van der Waals surface area contributed by atoms with Gasteiger partial charge in [0, 0.05) is 6.61 Å². The van der Waals surface area contributed by atoms with Crippen LogP contribution in [0.15, 0.2) is 12.2 Å². The molecule has 0 aromatic rings. The molecular formula is C14H26O5S. The molecule has 20 heavy (non-hydrogen) atoms. The van der Waals surface area contributed by atoms with Gasteiger partial charge in [-0.2, -0.15) is 8.42 Å². The molecule has 0 amide bonds. The fourth-order valence-corrected chi connectivity index (χ4v) is 2.33. The first-order valence-electron chi connectivity index (χ1n) is 7.30. The standard InChI is InChI=1S/C14H26O5S/c1-20(15,16)19-13-8-5-3-2-4-7-11-17-14-10-6-9-12-18-14/h2-3,14H,4-13H2,1H3/b3-2+. The molecule has 1 aliphatic heterocycles. The van der Waals surface area contributed by atoms with Gasteiger partial charge in [0.05, 0.1) is 19.5 Å². The number of rotatable bonds is 10. The third kappa shape index (κ3) is 10.4. The zero-order valence-corrected chi connectivity index (χ0v) is 13.1. The van der Waals surface area contributed by atoms with Gasteiger partial charge in [0.15, 0.2) is 6.29 Å². The number of hydrogen-bond acceptors (Lipinski definition) is 5. The van der Waals surface area contributed by atoms with Crippen molar-refractivity contribution in [3.8, 4) is 0 Å². The molecule has 0 radical (unpaired) electrons. The first-order valence-corrected chi connectivity index (χ1v) is 9.12. The Kier molecular flexibility index (Phi) is 9.09. The van der Waals surface area contributed by atoms with Gasteiger partial charge in [0.2, 0.25) is 0 Å². The number of ether oxygens (including phenoxy) is 2. The van der Waals surface area contributed by atoms with Crippen LogP contribution in [-0.2, 0) is 23.8 Å². The maximum absolute atomic E-state index is 10.7. The van der Waals surface area contributed by atoms with Crippen LogP contribution in [0, 0.1) is 0 Å². The number of unbranched alkanes of at least 4 members (excludes halogenated alkanes) is 2. The zero-order chi connectivity index (χ0) is 14.7. The summed E-state index contributed by atoms with van der Waals surface area (Å²) in [5.41, 5.74) is 0. The summed E-state index contributed by atoms with van der Waals surface area (Å²) in [7, 11) is -3.29. The topological polar surface area (TPSA) is 61.8 Å². The molecule has 0 bridgehead atoms. The van der Waals surface area contributed by atoms with Crippen molar-refractivity contribution in [1.82, 2.24) is 0 Å². The fraction of sp³-hybridized carbons (Fsp3) is 0.857. The summed E-state index contributed by atoms with van der Waals surface area (Å²) in [6.45, 7) is 1.80. The summed E-state index contributed by atoms with van der Waals surface area (Å²) in [5, 5.41) is 0. The summed E-state index contributed by atoms with van der Waals surface area (Å²) in [6, 6.07) is 0. The maximum atomic E-state index is 10.7. The van der Waals surface area contributed by atoms with E-state index in [-0.39, 0.29) is 12.9 Å². The molecule has 5 nitrogen and oxygen atoms in total. The van der Waals surface area contributed by atoms with Gasteiger partial charge in [-0.15, -0.1) is 0 Å². The molecule has 1 unspecified atom stereocenters. The SMILES string of the molecule is CS(=O)(=O)OCCC/C=C/CCCOC1CCCCO1. The Balaban J connectivity index is 1.86. The van der Waals surface area contributed by atoms with Crippen molar-refractivity contribution in [2.75, 3.05) is 26.1 Å². The van der Waals surface area contributed by atoms with E-state index in [1.54, 1.807) is 0 Å². The van der Waals surface area contributed by atoms with E-state index in [1.165, 1.54) is 6.42 Å². The largest absolute Gasteiger partial charge is 0.353 e. The first-order chi connectivity index (χ1) is 9.58. The first kappa shape index (κ1) is 17.6. The highest BCUT2D eigenvalue weighted by Crippen LogP contribution is 2.13. The van der Waals surface area contributed by atoms with E-state index < -0.39 is 10.1 Å². The second-order valence-electron chi connectivity index (χ2n) is 4.95. The number of allylic oxidation sites excluding steroid dienone is 2. The van der Waals surface area contributed by atoms with Crippen LogP contribution in [0.25, 0.3) is 0 Å². The zero-order valence-electron chi connectivity index (χ0n) is 12.3. The van der Waals surface area contributed by atoms with Crippen molar-refractivity contribution in [3.63, 3.8) is 0 Å². The Bertz CT molecular complexity index is 358. The van der Waals surface area contributed by atoms with Crippen LogP contribution in [0.3, 0.4) is 0 Å². The minimum absolute atomic E-state index is 0.000807. The van der Waals surface area contributed by atoms with Crippen LogP contribution in [0.4, 0.5) is 0 Å². The van der Waals surface area contributed by atoms with Gasteiger partial charge in [0.1, 0.15) is 0 Å². The van der Waals surface area contributed by atoms with Gasteiger partial charge in [-0.25, -0.2) is 0 Å². The van der Waals surface area contributed by atoms with E-state index in [0.29, 0.717) is 0 Å². The van der Waals surface area contributed by atoms with Crippen molar-refractivity contribution in [2.45, 2.75) is 51.2 Å². The molecule has 1 atom stereocenters. The summed E-state index contributed by atoms with van der Waals surface area (Å²) < 4.78 is 37.2. The van der Waals surface area contributed by atoms with E-state index in [9.17, 15) is 8.42 Å². The molecule has 1 rings (SSSR count). The molecule has 0 aromatic heterocycles. The summed E-state index contributed by atoms with van der Waals surface area (Å²) in [4.78, 5) is 0. The molecule has 0 spiro atoms. The average molecular weight is 306 g/mol. The lowest BCUT2D eigenvalue weighted by atomic mass is 10.2. The van der Waals surface area contributed by atoms with Crippen LogP contribution >= 0.6 is 0 Å². The second kappa shape index (κ2) is 10.3. The lowest BCUT2D eigenvalue weighted by Gasteiger charge is -2.22. The van der Waals surface area contributed by atoms with Gasteiger partial charge < -0.3 is 9.47 Å². The van der Waals surface area contributed by atoms with Crippen LogP contribution in [0.5, 0.6) is 0 Å². The fourth-order valence-electron chi connectivity index (χ4n) is 1.91. The summed E-state index contributed by atoms with van der Waals surface area (Å²) in [5.74, 6) is 0. The highest BCUT2D eigenvalue weighted by molar-refractivity contribution is 7.85. The predicted molar refractivity (Wildman–Crippen MR) is 77.9 cm³/mol. The van der Waals surface area contributed by atoms with Crippen LogP contribution < -0.4 is 0 Å². The number of hydrogen-bond donors (Lipinski definition) is 0. The van der Waals surface area contributed by atoms with Crippen LogP contribution in [0.2, 0.25) is 0 Å². The Labute approximate surface area is 122 Å². The predicted octanol–water partition coefficient (Wildman–Crippen LogP) is 2.62. The van der Waals surface area contributed by atoms with E-state index in [1.807, 2.05) is 0 Å². The molecular weight excluding hydrogens is 280 g/mol. The van der Waals surface area contributed by atoms with Gasteiger partial charge in [0.25, 0.3) is 10.1 Å². The molecule has 0 aromatic carbocycles. The second-order valence-corrected chi connectivity index (χ2v) is 6.59. The lowest BCUT2D eigenvalue weighted by Crippen LogP contribution is -2.22. The van der Waals surface area contributed by atoms with Gasteiger partial charge in [-0.05, 0) is 44.9 Å². The molecule has 6 heteroatoms. The Morgan fingerprint density at radius 2 is 1.85 bits per heavy atom. The van der Waals surface area contributed by atoms with E-state index in [2.05, 4.69) is 16.3 Å². The van der Waals surface area contributed by atoms with Crippen molar-refractivity contribution in [3.05, 3.63) is 12.2 Å². The minimum Gasteiger partial charge on any atom is -0.353 e. The summed E-state index contributed by atoms with van der Waals surface area (Å²) >= 11 is 0. The van der Waals surface area contributed by atoms with Crippen molar-refractivity contribution >= 4 is 10.1 Å².